The number of aliphatic hydroxyl groups excluding tert-OH is 1. The lowest BCUT2D eigenvalue weighted by atomic mass is 10.0. The molecule has 0 radical (unpaired) electrons. The van der Waals surface area contributed by atoms with Crippen LogP contribution in [0.4, 0.5) is 0 Å². The van der Waals surface area contributed by atoms with E-state index in [0.717, 1.165) is 21.4 Å². The van der Waals surface area contributed by atoms with Crippen molar-refractivity contribution >= 4 is 39.1 Å². The summed E-state index contributed by atoms with van der Waals surface area (Å²) in [4.78, 5) is 0. The average Bonchev–Trinajstić information content (AvgIpc) is 2.59. The molecular formula is C13H13BrCl2N2O. The van der Waals surface area contributed by atoms with Gasteiger partial charge in [0.15, 0.2) is 0 Å². The molecule has 1 unspecified atom stereocenters. The SMILES string of the molecule is Cc1nn(C)c(CC(O)c2ccc(Br)c(Cl)c2)c1Cl. The monoisotopic (exact) mass is 362 g/mol. The molecule has 1 atom stereocenters. The van der Waals surface area contributed by atoms with Crippen LogP contribution in [0.1, 0.15) is 23.1 Å². The molecule has 1 N–H and O–H groups in total. The first-order valence-corrected chi connectivity index (χ1v) is 7.26. The Hall–Kier alpha value is -0.550. The van der Waals surface area contributed by atoms with Gasteiger partial charge in [0.1, 0.15) is 0 Å². The Kier molecular flexibility index (Phi) is 4.56. The number of aromatic nitrogens is 2. The van der Waals surface area contributed by atoms with Crippen LogP contribution in [0.3, 0.4) is 0 Å². The first-order valence-electron chi connectivity index (χ1n) is 5.71. The number of hydrogen-bond acceptors (Lipinski definition) is 2. The van der Waals surface area contributed by atoms with E-state index in [-0.39, 0.29) is 0 Å². The quantitative estimate of drug-likeness (QED) is 0.892. The molecule has 1 aromatic carbocycles. The van der Waals surface area contributed by atoms with Crippen LogP contribution in [0.2, 0.25) is 10.0 Å². The van der Waals surface area contributed by atoms with Gasteiger partial charge in [0.05, 0.1) is 27.5 Å². The number of benzene rings is 1. The van der Waals surface area contributed by atoms with E-state index in [1.54, 1.807) is 10.7 Å². The molecule has 6 heteroatoms. The van der Waals surface area contributed by atoms with Gasteiger partial charge >= 0.3 is 0 Å². The summed E-state index contributed by atoms with van der Waals surface area (Å²) in [7, 11) is 1.81. The summed E-state index contributed by atoms with van der Waals surface area (Å²) in [5.74, 6) is 0. The smallest absolute Gasteiger partial charge is 0.0848 e. The van der Waals surface area contributed by atoms with Crippen molar-refractivity contribution in [3.63, 3.8) is 0 Å². The number of aliphatic hydroxyl groups is 1. The van der Waals surface area contributed by atoms with Crippen molar-refractivity contribution < 1.29 is 5.11 Å². The van der Waals surface area contributed by atoms with Crippen molar-refractivity contribution in [2.45, 2.75) is 19.4 Å². The Labute approximate surface area is 130 Å². The van der Waals surface area contributed by atoms with Gasteiger partial charge in [-0.3, -0.25) is 4.68 Å². The number of rotatable bonds is 3. The molecule has 1 heterocycles. The van der Waals surface area contributed by atoms with Crippen molar-refractivity contribution in [1.29, 1.82) is 0 Å². The molecule has 1 aromatic heterocycles. The number of halogens is 3. The van der Waals surface area contributed by atoms with E-state index in [1.165, 1.54) is 0 Å². The van der Waals surface area contributed by atoms with E-state index in [4.69, 9.17) is 23.2 Å². The molecule has 0 aliphatic heterocycles. The molecular weight excluding hydrogens is 351 g/mol. The van der Waals surface area contributed by atoms with E-state index < -0.39 is 6.10 Å². The Bertz CT molecular complexity index is 613. The van der Waals surface area contributed by atoms with E-state index >= 15 is 0 Å². The van der Waals surface area contributed by atoms with Crippen molar-refractivity contribution in [1.82, 2.24) is 9.78 Å². The van der Waals surface area contributed by atoms with Crippen molar-refractivity contribution in [2.24, 2.45) is 7.05 Å². The van der Waals surface area contributed by atoms with Crippen molar-refractivity contribution in [3.8, 4) is 0 Å². The molecule has 0 spiro atoms. The predicted molar refractivity (Wildman–Crippen MR) is 80.8 cm³/mol. The highest BCUT2D eigenvalue weighted by Gasteiger charge is 2.17. The van der Waals surface area contributed by atoms with Crippen LogP contribution in [0.25, 0.3) is 0 Å². The second kappa shape index (κ2) is 5.83. The van der Waals surface area contributed by atoms with E-state index in [9.17, 15) is 5.11 Å². The molecule has 0 amide bonds. The highest BCUT2D eigenvalue weighted by molar-refractivity contribution is 9.10. The molecule has 0 aliphatic rings. The minimum Gasteiger partial charge on any atom is -0.388 e. The summed E-state index contributed by atoms with van der Waals surface area (Å²) < 4.78 is 2.50. The highest BCUT2D eigenvalue weighted by atomic mass is 79.9. The molecule has 0 fully saturated rings. The minimum absolute atomic E-state index is 0.397. The summed E-state index contributed by atoms with van der Waals surface area (Å²) in [5, 5.41) is 15.7. The lowest BCUT2D eigenvalue weighted by Crippen LogP contribution is -2.07. The highest BCUT2D eigenvalue weighted by Crippen LogP contribution is 2.29. The normalized spacial score (nSPS) is 12.7. The molecule has 0 aliphatic carbocycles. The summed E-state index contributed by atoms with van der Waals surface area (Å²) in [6.45, 7) is 1.84. The van der Waals surface area contributed by atoms with Crippen LogP contribution in [-0.4, -0.2) is 14.9 Å². The van der Waals surface area contributed by atoms with E-state index in [2.05, 4.69) is 21.0 Å². The molecule has 2 aromatic rings. The number of aryl methyl sites for hydroxylation is 2. The first-order chi connectivity index (χ1) is 8.90. The number of hydrogen-bond donors (Lipinski definition) is 1. The molecule has 2 rings (SSSR count). The Morgan fingerprint density at radius 2 is 2.11 bits per heavy atom. The Morgan fingerprint density at radius 1 is 1.42 bits per heavy atom. The fraction of sp³-hybridized carbons (Fsp3) is 0.308. The summed E-state index contributed by atoms with van der Waals surface area (Å²) in [5.41, 5.74) is 2.33. The van der Waals surface area contributed by atoms with Crippen molar-refractivity contribution in [2.75, 3.05) is 0 Å². The second-order valence-corrected chi connectivity index (χ2v) is 6.00. The molecule has 0 saturated carbocycles. The molecule has 0 saturated heterocycles. The van der Waals surface area contributed by atoms with Gasteiger partial charge in [-0.1, -0.05) is 29.3 Å². The third kappa shape index (κ3) is 3.14. The molecule has 3 nitrogen and oxygen atoms in total. The topological polar surface area (TPSA) is 38.0 Å². The maximum Gasteiger partial charge on any atom is 0.0848 e. The van der Waals surface area contributed by atoms with E-state index in [1.807, 2.05) is 26.1 Å². The standard InChI is InChI=1S/C13H13BrCl2N2O/c1-7-13(16)11(18(2)17-7)6-12(19)8-3-4-9(14)10(15)5-8/h3-5,12,19H,6H2,1-2H3. The van der Waals surface area contributed by atoms with Gasteiger partial charge < -0.3 is 5.11 Å². The Balaban J connectivity index is 2.25. The lowest BCUT2D eigenvalue weighted by Gasteiger charge is -2.12. The van der Waals surface area contributed by atoms with Crippen LogP contribution in [0.5, 0.6) is 0 Å². The van der Waals surface area contributed by atoms with Crippen LogP contribution in [0, 0.1) is 6.92 Å². The van der Waals surface area contributed by atoms with Crippen LogP contribution in [-0.2, 0) is 13.5 Å². The summed E-state index contributed by atoms with van der Waals surface area (Å²) in [6, 6.07) is 5.39. The van der Waals surface area contributed by atoms with Crippen LogP contribution >= 0.6 is 39.1 Å². The fourth-order valence-electron chi connectivity index (χ4n) is 1.92. The minimum atomic E-state index is -0.669. The first kappa shape index (κ1) is 14.9. The zero-order valence-electron chi connectivity index (χ0n) is 10.5. The third-order valence-corrected chi connectivity index (χ3v) is 4.70. The molecule has 19 heavy (non-hydrogen) atoms. The van der Waals surface area contributed by atoms with Gasteiger partial charge in [0.25, 0.3) is 0 Å². The summed E-state index contributed by atoms with van der Waals surface area (Å²) in [6.07, 6.45) is -0.272. The van der Waals surface area contributed by atoms with Gasteiger partial charge in [0, 0.05) is 17.9 Å². The average molecular weight is 364 g/mol. The molecule has 102 valence electrons. The third-order valence-electron chi connectivity index (χ3n) is 2.98. The largest absolute Gasteiger partial charge is 0.388 e. The zero-order chi connectivity index (χ0) is 14.2. The number of nitrogens with zero attached hydrogens (tertiary/aromatic N) is 2. The van der Waals surface area contributed by atoms with Crippen LogP contribution in [0.15, 0.2) is 22.7 Å². The van der Waals surface area contributed by atoms with Crippen molar-refractivity contribution in [3.05, 3.63) is 49.7 Å². The van der Waals surface area contributed by atoms with E-state index in [0.29, 0.717) is 16.5 Å². The maximum absolute atomic E-state index is 10.3. The molecule has 0 bridgehead atoms. The zero-order valence-corrected chi connectivity index (χ0v) is 13.6. The lowest BCUT2D eigenvalue weighted by molar-refractivity contribution is 0.176. The predicted octanol–water partition coefficient (Wildman–Crippen LogP) is 4.07. The fourth-order valence-corrected chi connectivity index (χ4v) is 2.60. The van der Waals surface area contributed by atoms with Gasteiger partial charge in [-0.2, -0.15) is 5.10 Å². The van der Waals surface area contributed by atoms with Gasteiger partial charge in [-0.15, -0.1) is 0 Å². The van der Waals surface area contributed by atoms with Gasteiger partial charge in [-0.25, -0.2) is 0 Å². The van der Waals surface area contributed by atoms with Crippen LogP contribution < -0.4 is 0 Å². The maximum atomic E-state index is 10.3. The van der Waals surface area contributed by atoms with Gasteiger partial charge in [0.2, 0.25) is 0 Å². The Morgan fingerprint density at radius 3 is 2.63 bits per heavy atom. The summed E-state index contributed by atoms with van der Waals surface area (Å²) >= 11 is 15.5. The van der Waals surface area contributed by atoms with Gasteiger partial charge in [-0.05, 0) is 40.5 Å². The second-order valence-electron chi connectivity index (χ2n) is 4.36.